The fourth-order valence-electron chi connectivity index (χ4n) is 5.15. The van der Waals surface area contributed by atoms with Crippen LogP contribution in [0.1, 0.15) is 30.0 Å². The molecule has 0 amide bonds. The minimum Gasteiger partial charge on any atom is -0.484 e. The van der Waals surface area contributed by atoms with Gasteiger partial charge >= 0.3 is 0 Å². The van der Waals surface area contributed by atoms with Gasteiger partial charge in [-0.25, -0.2) is 0 Å². The summed E-state index contributed by atoms with van der Waals surface area (Å²) in [6, 6.07) is 5.14. The van der Waals surface area contributed by atoms with E-state index in [9.17, 15) is 0 Å². The van der Waals surface area contributed by atoms with E-state index in [4.69, 9.17) is 4.74 Å². The molecule has 1 fully saturated rings. The van der Waals surface area contributed by atoms with E-state index in [1.165, 1.54) is 41.0 Å². The molecule has 21 heavy (non-hydrogen) atoms. The number of likely N-dealkylation sites (tertiary alicyclic amines) is 1. The van der Waals surface area contributed by atoms with Crippen molar-refractivity contribution in [3.8, 4) is 5.75 Å². The standard InChI is InChI=1S/C19H21NO/c1-11-4-6-13-10-15-14-7-5-12(2)18-19(14,8-9-20(15)3)16(13)17(11)21-18/h4-7,15,18H,8-10H2,1-3H3/t15?,18?,19-/m0/s1. The first kappa shape index (κ1) is 12.0. The SMILES string of the molecule is CC1=CC=C2C3Cc4ccc(C)c5c4[C@@]2(CCN3C)C1O5. The Hall–Kier alpha value is -1.54. The largest absolute Gasteiger partial charge is 0.484 e. The molecule has 108 valence electrons. The third kappa shape index (κ3) is 1.20. The zero-order valence-corrected chi connectivity index (χ0v) is 12.9. The second-order valence-electron chi connectivity index (χ2n) is 7.20. The smallest absolute Gasteiger partial charge is 0.133 e. The number of nitrogens with zero attached hydrogens (tertiary/aromatic N) is 1. The highest BCUT2D eigenvalue weighted by atomic mass is 16.5. The molecule has 2 unspecified atom stereocenters. The minimum absolute atomic E-state index is 0.130. The Bertz CT molecular complexity index is 729. The molecule has 2 aliphatic heterocycles. The van der Waals surface area contributed by atoms with Crippen molar-refractivity contribution in [1.82, 2.24) is 4.90 Å². The van der Waals surface area contributed by atoms with E-state index >= 15 is 0 Å². The predicted octanol–water partition coefficient (Wildman–Crippen LogP) is 3.14. The Morgan fingerprint density at radius 3 is 2.95 bits per heavy atom. The lowest BCUT2D eigenvalue weighted by molar-refractivity contribution is 0.112. The van der Waals surface area contributed by atoms with Crippen molar-refractivity contribution in [2.24, 2.45) is 0 Å². The highest BCUT2D eigenvalue weighted by Crippen LogP contribution is 2.60. The first-order valence-electron chi connectivity index (χ1n) is 8.01. The molecule has 2 heteroatoms. The molecule has 4 aliphatic rings. The summed E-state index contributed by atoms with van der Waals surface area (Å²) >= 11 is 0. The minimum atomic E-state index is 0.130. The number of benzene rings is 1. The molecule has 2 heterocycles. The van der Waals surface area contributed by atoms with Crippen LogP contribution in [-0.2, 0) is 11.8 Å². The third-order valence-electron chi connectivity index (χ3n) is 6.19. The van der Waals surface area contributed by atoms with E-state index in [1.54, 1.807) is 5.57 Å². The Kier molecular flexibility index (Phi) is 2.07. The Morgan fingerprint density at radius 1 is 1.24 bits per heavy atom. The molecule has 2 aliphatic carbocycles. The van der Waals surface area contributed by atoms with Crippen molar-refractivity contribution in [3.05, 3.63) is 52.1 Å². The quantitative estimate of drug-likeness (QED) is 0.723. The van der Waals surface area contributed by atoms with Crippen LogP contribution in [-0.4, -0.2) is 30.6 Å². The third-order valence-corrected chi connectivity index (χ3v) is 6.19. The van der Waals surface area contributed by atoms with E-state index in [-0.39, 0.29) is 11.5 Å². The van der Waals surface area contributed by atoms with E-state index in [1.807, 2.05) is 0 Å². The number of piperidine rings is 1. The van der Waals surface area contributed by atoms with Gasteiger partial charge in [0.05, 0.1) is 5.41 Å². The van der Waals surface area contributed by atoms with Crippen LogP contribution in [0.5, 0.6) is 5.75 Å². The molecule has 3 atom stereocenters. The molecule has 0 radical (unpaired) electrons. The monoisotopic (exact) mass is 279 g/mol. The molecular formula is C19H21NO. The number of hydrogen-bond acceptors (Lipinski definition) is 2. The van der Waals surface area contributed by atoms with Crippen LogP contribution in [0.15, 0.2) is 35.4 Å². The van der Waals surface area contributed by atoms with Gasteiger partial charge < -0.3 is 4.74 Å². The van der Waals surface area contributed by atoms with Gasteiger partial charge in [0.1, 0.15) is 11.9 Å². The van der Waals surface area contributed by atoms with Crippen LogP contribution in [0, 0.1) is 6.92 Å². The summed E-state index contributed by atoms with van der Waals surface area (Å²) in [6.07, 6.45) is 7.23. The van der Waals surface area contributed by atoms with Gasteiger partial charge in [0.2, 0.25) is 0 Å². The second kappa shape index (κ2) is 3.61. The van der Waals surface area contributed by atoms with E-state index in [2.05, 4.69) is 50.1 Å². The summed E-state index contributed by atoms with van der Waals surface area (Å²) in [4.78, 5) is 2.53. The maximum absolute atomic E-state index is 6.53. The van der Waals surface area contributed by atoms with Gasteiger partial charge in [-0.1, -0.05) is 24.3 Å². The first-order chi connectivity index (χ1) is 10.1. The summed E-state index contributed by atoms with van der Waals surface area (Å²) in [5.41, 5.74) is 7.44. The molecule has 0 N–H and O–H groups in total. The first-order valence-corrected chi connectivity index (χ1v) is 8.01. The van der Waals surface area contributed by atoms with Gasteiger partial charge in [0, 0.05) is 11.6 Å². The van der Waals surface area contributed by atoms with Crippen LogP contribution in [0.4, 0.5) is 0 Å². The molecule has 2 bridgehead atoms. The van der Waals surface area contributed by atoms with Crippen molar-refractivity contribution in [1.29, 1.82) is 0 Å². The summed E-state index contributed by atoms with van der Waals surface area (Å²) < 4.78 is 6.53. The molecule has 0 saturated carbocycles. The van der Waals surface area contributed by atoms with Gasteiger partial charge in [0.15, 0.2) is 0 Å². The van der Waals surface area contributed by atoms with E-state index < -0.39 is 0 Å². The van der Waals surface area contributed by atoms with E-state index in [0.29, 0.717) is 6.04 Å². The maximum atomic E-state index is 6.53. The van der Waals surface area contributed by atoms with Crippen LogP contribution in [0.3, 0.4) is 0 Å². The average molecular weight is 279 g/mol. The summed E-state index contributed by atoms with van der Waals surface area (Å²) in [5.74, 6) is 1.18. The number of rotatable bonds is 0. The average Bonchev–Trinajstić information content (AvgIpc) is 2.83. The number of aryl methyl sites for hydroxylation is 1. The number of hydrogen-bond donors (Lipinski definition) is 0. The number of allylic oxidation sites excluding steroid dienone is 2. The molecule has 1 spiro atoms. The van der Waals surface area contributed by atoms with Crippen LogP contribution < -0.4 is 4.74 Å². The topological polar surface area (TPSA) is 12.5 Å². The lowest BCUT2D eigenvalue weighted by atomic mass is 9.56. The zero-order chi connectivity index (χ0) is 14.4. The molecule has 0 aromatic heterocycles. The highest BCUT2D eigenvalue weighted by Gasteiger charge is 2.60. The number of ether oxygens (including phenoxy) is 1. The van der Waals surface area contributed by atoms with Gasteiger partial charge in [-0.05, 0) is 62.6 Å². The fraction of sp³-hybridized carbons (Fsp3) is 0.474. The molecular weight excluding hydrogens is 258 g/mol. The molecule has 1 saturated heterocycles. The van der Waals surface area contributed by atoms with Gasteiger partial charge in [-0.3, -0.25) is 4.90 Å². The Balaban J connectivity index is 1.89. The second-order valence-corrected chi connectivity index (χ2v) is 7.20. The van der Waals surface area contributed by atoms with Crippen molar-refractivity contribution >= 4 is 0 Å². The highest BCUT2D eigenvalue weighted by molar-refractivity contribution is 5.66. The maximum Gasteiger partial charge on any atom is 0.133 e. The molecule has 1 aromatic carbocycles. The van der Waals surface area contributed by atoms with Crippen LogP contribution in [0.25, 0.3) is 0 Å². The lowest BCUT2D eigenvalue weighted by Gasteiger charge is -2.53. The molecule has 1 aromatic rings. The normalized spacial score (nSPS) is 35.8. The summed E-state index contributed by atoms with van der Waals surface area (Å²) in [7, 11) is 2.27. The van der Waals surface area contributed by atoms with Crippen molar-refractivity contribution in [2.45, 2.75) is 44.2 Å². The summed E-state index contributed by atoms with van der Waals surface area (Å²) in [6.45, 7) is 5.59. The zero-order valence-electron chi connectivity index (χ0n) is 12.9. The molecule has 2 nitrogen and oxygen atoms in total. The Morgan fingerprint density at radius 2 is 2.10 bits per heavy atom. The number of likely N-dealkylation sites (N-methyl/N-ethyl adjacent to an activating group) is 1. The molecule has 5 rings (SSSR count). The van der Waals surface area contributed by atoms with Gasteiger partial charge in [-0.2, -0.15) is 0 Å². The van der Waals surface area contributed by atoms with Gasteiger partial charge in [-0.15, -0.1) is 0 Å². The Labute approximate surface area is 126 Å². The lowest BCUT2D eigenvalue weighted by Crippen LogP contribution is -2.58. The predicted molar refractivity (Wildman–Crippen MR) is 83.9 cm³/mol. The van der Waals surface area contributed by atoms with E-state index in [0.717, 1.165) is 6.42 Å². The fourth-order valence-corrected chi connectivity index (χ4v) is 5.15. The van der Waals surface area contributed by atoms with Gasteiger partial charge in [0.25, 0.3) is 0 Å². The van der Waals surface area contributed by atoms with Crippen molar-refractivity contribution in [3.63, 3.8) is 0 Å². The van der Waals surface area contributed by atoms with Crippen LogP contribution in [0.2, 0.25) is 0 Å². The van der Waals surface area contributed by atoms with Crippen LogP contribution >= 0.6 is 0 Å². The summed E-state index contributed by atoms with van der Waals surface area (Å²) in [5, 5.41) is 0. The van der Waals surface area contributed by atoms with Crippen molar-refractivity contribution < 1.29 is 4.74 Å². The van der Waals surface area contributed by atoms with Crippen molar-refractivity contribution in [2.75, 3.05) is 13.6 Å².